The molecule has 0 saturated heterocycles. The molecule has 0 aliphatic carbocycles. The SMILES string of the molecule is Cc1ccc(C)c(NC(=O)c2cc3cc(Br)ccc3oc2=O)c1. The molecule has 0 saturated carbocycles. The zero-order valence-electron chi connectivity index (χ0n) is 12.6. The summed E-state index contributed by atoms with van der Waals surface area (Å²) in [6, 6.07) is 12.6. The van der Waals surface area contributed by atoms with Gasteiger partial charge >= 0.3 is 5.63 Å². The second-order valence-corrected chi connectivity index (χ2v) is 6.32. The van der Waals surface area contributed by atoms with E-state index in [0.717, 1.165) is 15.6 Å². The minimum atomic E-state index is -0.650. The van der Waals surface area contributed by atoms with Gasteiger partial charge in [-0.3, -0.25) is 4.79 Å². The summed E-state index contributed by atoms with van der Waals surface area (Å²) in [5.41, 5.74) is 2.42. The maximum absolute atomic E-state index is 12.4. The Kier molecular flexibility index (Phi) is 4.05. The van der Waals surface area contributed by atoms with Crippen LogP contribution in [0, 0.1) is 13.8 Å². The van der Waals surface area contributed by atoms with Gasteiger partial charge in [0.05, 0.1) is 0 Å². The van der Waals surface area contributed by atoms with Gasteiger partial charge < -0.3 is 9.73 Å². The van der Waals surface area contributed by atoms with Crippen LogP contribution in [0.15, 0.2) is 56.1 Å². The van der Waals surface area contributed by atoms with Crippen LogP contribution in [0.1, 0.15) is 21.5 Å². The first-order valence-electron chi connectivity index (χ1n) is 7.06. The maximum atomic E-state index is 12.4. The highest BCUT2D eigenvalue weighted by Gasteiger charge is 2.15. The first-order chi connectivity index (χ1) is 10.9. The van der Waals surface area contributed by atoms with Crippen LogP contribution in [0.2, 0.25) is 0 Å². The summed E-state index contributed by atoms with van der Waals surface area (Å²) in [5, 5.41) is 3.46. The summed E-state index contributed by atoms with van der Waals surface area (Å²) in [7, 11) is 0. The van der Waals surface area contributed by atoms with E-state index in [1.54, 1.807) is 24.3 Å². The first kappa shape index (κ1) is 15.5. The Morgan fingerprint density at radius 1 is 1.09 bits per heavy atom. The molecular weight excluding hydrogens is 358 g/mol. The zero-order chi connectivity index (χ0) is 16.6. The van der Waals surface area contributed by atoms with Crippen LogP contribution in [-0.4, -0.2) is 5.91 Å². The number of benzene rings is 2. The molecule has 0 fully saturated rings. The molecule has 3 rings (SSSR count). The summed E-state index contributed by atoms with van der Waals surface area (Å²) in [5.74, 6) is -0.477. The van der Waals surface area contributed by atoms with Crippen LogP contribution in [0.5, 0.6) is 0 Å². The van der Waals surface area contributed by atoms with E-state index in [2.05, 4.69) is 21.2 Å². The van der Waals surface area contributed by atoms with Crippen LogP contribution in [0.25, 0.3) is 11.0 Å². The van der Waals surface area contributed by atoms with Crippen molar-refractivity contribution in [1.82, 2.24) is 0 Å². The van der Waals surface area contributed by atoms with Crippen LogP contribution < -0.4 is 10.9 Å². The lowest BCUT2D eigenvalue weighted by Crippen LogP contribution is -2.21. The quantitative estimate of drug-likeness (QED) is 0.678. The molecule has 0 unspecified atom stereocenters. The molecule has 0 spiro atoms. The fourth-order valence-electron chi connectivity index (χ4n) is 2.31. The molecular formula is C18H14BrNO3. The Morgan fingerprint density at radius 3 is 2.65 bits per heavy atom. The molecule has 2 aromatic carbocycles. The number of hydrogen-bond acceptors (Lipinski definition) is 3. The molecule has 0 atom stereocenters. The highest BCUT2D eigenvalue weighted by atomic mass is 79.9. The number of carbonyl (C=O) groups is 1. The number of anilines is 1. The fourth-order valence-corrected chi connectivity index (χ4v) is 2.69. The van der Waals surface area contributed by atoms with Crippen molar-refractivity contribution >= 4 is 38.5 Å². The molecule has 0 aliphatic heterocycles. The first-order valence-corrected chi connectivity index (χ1v) is 7.85. The third-order valence-electron chi connectivity index (χ3n) is 3.58. The van der Waals surface area contributed by atoms with Crippen LogP contribution in [0.4, 0.5) is 5.69 Å². The van der Waals surface area contributed by atoms with E-state index in [9.17, 15) is 9.59 Å². The lowest BCUT2D eigenvalue weighted by molar-refractivity contribution is 0.102. The van der Waals surface area contributed by atoms with Gasteiger partial charge in [-0.05, 0) is 55.3 Å². The summed E-state index contributed by atoms with van der Waals surface area (Å²) in [4.78, 5) is 24.5. The summed E-state index contributed by atoms with van der Waals surface area (Å²) < 4.78 is 6.07. The number of carbonyl (C=O) groups excluding carboxylic acids is 1. The second-order valence-electron chi connectivity index (χ2n) is 5.40. The van der Waals surface area contributed by atoms with E-state index in [4.69, 9.17) is 4.42 Å². The third-order valence-corrected chi connectivity index (χ3v) is 4.07. The Labute approximate surface area is 141 Å². The van der Waals surface area contributed by atoms with Gasteiger partial charge in [-0.25, -0.2) is 4.79 Å². The number of nitrogens with one attached hydrogen (secondary N) is 1. The third kappa shape index (κ3) is 3.19. The Bertz CT molecular complexity index is 976. The molecule has 1 N–H and O–H groups in total. The number of fused-ring (bicyclic) bond motifs is 1. The van der Waals surface area contributed by atoms with Crippen molar-refractivity contribution < 1.29 is 9.21 Å². The van der Waals surface area contributed by atoms with Gasteiger partial charge in [0.2, 0.25) is 0 Å². The van der Waals surface area contributed by atoms with Crippen molar-refractivity contribution in [2.45, 2.75) is 13.8 Å². The second kappa shape index (κ2) is 6.01. The normalized spacial score (nSPS) is 10.7. The minimum Gasteiger partial charge on any atom is -0.422 e. The molecule has 0 bridgehead atoms. The van der Waals surface area contributed by atoms with Crippen molar-refractivity contribution in [1.29, 1.82) is 0 Å². The highest BCUT2D eigenvalue weighted by Crippen LogP contribution is 2.21. The van der Waals surface area contributed by atoms with E-state index in [0.29, 0.717) is 16.7 Å². The van der Waals surface area contributed by atoms with Gasteiger partial charge in [0.25, 0.3) is 5.91 Å². The molecule has 3 aromatic rings. The Balaban J connectivity index is 2.02. The van der Waals surface area contributed by atoms with Crippen LogP contribution in [0.3, 0.4) is 0 Å². The largest absolute Gasteiger partial charge is 0.422 e. The topological polar surface area (TPSA) is 59.3 Å². The van der Waals surface area contributed by atoms with E-state index in [-0.39, 0.29) is 5.56 Å². The highest BCUT2D eigenvalue weighted by molar-refractivity contribution is 9.10. The smallest absolute Gasteiger partial charge is 0.349 e. The Morgan fingerprint density at radius 2 is 1.87 bits per heavy atom. The van der Waals surface area contributed by atoms with E-state index < -0.39 is 11.5 Å². The number of hydrogen-bond donors (Lipinski definition) is 1. The summed E-state index contributed by atoms with van der Waals surface area (Å²) >= 11 is 3.36. The molecule has 0 aliphatic rings. The van der Waals surface area contributed by atoms with Crippen molar-refractivity contribution in [2.75, 3.05) is 5.32 Å². The van der Waals surface area contributed by atoms with Gasteiger partial charge in [0.15, 0.2) is 0 Å². The molecule has 1 heterocycles. The van der Waals surface area contributed by atoms with Crippen LogP contribution >= 0.6 is 15.9 Å². The fraction of sp³-hybridized carbons (Fsp3) is 0.111. The van der Waals surface area contributed by atoms with Crippen molar-refractivity contribution in [2.24, 2.45) is 0 Å². The number of aryl methyl sites for hydroxylation is 2. The summed E-state index contributed by atoms with van der Waals surface area (Å²) in [6.45, 7) is 3.84. The van der Waals surface area contributed by atoms with Gasteiger partial charge in [-0.2, -0.15) is 0 Å². The van der Waals surface area contributed by atoms with E-state index in [1.807, 2.05) is 32.0 Å². The predicted molar refractivity (Wildman–Crippen MR) is 94.1 cm³/mol. The summed E-state index contributed by atoms with van der Waals surface area (Å²) in [6.07, 6.45) is 0. The van der Waals surface area contributed by atoms with Gasteiger partial charge in [-0.1, -0.05) is 28.1 Å². The number of halogens is 1. The van der Waals surface area contributed by atoms with Crippen molar-refractivity contribution in [3.8, 4) is 0 Å². The van der Waals surface area contributed by atoms with Gasteiger partial charge in [0, 0.05) is 15.5 Å². The van der Waals surface area contributed by atoms with Crippen molar-refractivity contribution in [3.05, 3.63) is 74.0 Å². The van der Waals surface area contributed by atoms with Gasteiger partial charge in [-0.15, -0.1) is 0 Å². The molecule has 1 amide bonds. The van der Waals surface area contributed by atoms with Crippen LogP contribution in [-0.2, 0) is 0 Å². The lowest BCUT2D eigenvalue weighted by atomic mass is 10.1. The maximum Gasteiger partial charge on any atom is 0.349 e. The van der Waals surface area contributed by atoms with E-state index >= 15 is 0 Å². The lowest BCUT2D eigenvalue weighted by Gasteiger charge is -2.09. The minimum absolute atomic E-state index is 0.0171. The molecule has 0 radical (unpaired) electrons. The molecule has 4 nitrogen and oxygen atoms in total. The number of amides is 1. The zero-order valence-corrected chi connectivity index (χ0v) is 14.2. The molecule has 116 valence electrons. The number of rotatable bonds is 2. The molecule has 1 aromatic heterocycles. The van der Waals surface area contributed by atoms with Crippen molar-refractivity contribution in [3.63, 3.8) is 0 Å². The average Bonchev–Trinajstić information content (AvgIpc) is 2.50. The predicted octanol–water partition coefficient (Wildman–Crippen LogP) is 4.42. The molecule has 23 heavy (non-hydrogen) atoms. The Hall–Kier alpha value is -2.40. The molecule has 5 heteroatoms. The van der Waals surface area contributed by atoms with E-state index in [1.165, 1.54) is 0 Å². The monoisotopic (exact) mass is 371 g/mol. The van der Waals surface area contributed by atoms with Gasteiger partial charge in [0.1, 0.15) is 11.1 Å². The average molecular weight is 372 g/mol. The standard InChI is InChI=1S/C18H14BrNO3/c1-10-3-4-11(2)15(7-10)20-17(21)14-9-12-8-13(19)5-6-16(12)23-18(14)22/h3-9H,1-2H3,(H,20,21).